The molecule has 2 heterocycles. The van der Waals surface area contributed by atoms with Crippen LogP contribution >= 0.6 is 0 Å². The lowest BCUT2D eigenvalue weighted by atomic mass is 9.82. The van der Waals surface area contributed by atoms with Gasteiger partial charge >= 0.3 is 0 Å². The number of halogens is 1. The van der Waals surface area contributed by atoms with Crippen LogP contribution in [-0.2, 0) is 14.3 Å². The molecule has 3 unspecified atom stereocenters. The molecule has 2 aromatic carbocycles. The first-order valence-electron chi connectivity index (χ1n) is 10.9. The standard InChI is InChI=1S/C24H24FN3O6S/c1-35(32,33)34-23(20(15-7-3-2-4-8-15)16-9-5-10-17(25)13-16)18-11-6-12-28(18)24(31)21-22(30)19(29)14-26-27-21/h2-5,7-10,13-14,18,20,23H,6,11-12H2,1H3,(H,26,30)(H,27,29). The second-order valence-electron chi connectivity index (χ2n) is 8.37. The van der Waals surface area contributed by atoms with Gasteiger partial charge in [-0.05, 0) is 36.1 Å². The van der Waals surface area contributed by atoms with Crippen molar-refractivity contribution in [1.29, 1.82) is 0 Å². The van der Waals surface area contributed by atoms with Gasteiger partial charge in [0.15, 0.2) is 11.4 Å². The molecule has 4 rings (SSSR count). The summed E-state index contributed by atoms with van der Waals surface area (Å²) < 4.78 is 44.6. The van der Waals surface area contributed by atoms with Crippen LogP contribution in [-0.4, -0.2) is 59.5 Å². The van der Waals surface area contributed by atoms with Gasteiger partial charge in [0.05, 0.1) is 18.5 Å². The number of nitrogens with zero attached hydrogens (tertiary/aromatic N) is 2. The van der Waals surface area contributed by atoms with E-state index in [0.717, 1.165) is 12.5 Å². The van der Waals surface area contributed by atoms with Crippen molar-refractivity contribution in [2.24, 2.45) is 0 Å². The second kappa shape index (κ2) is 9.96. The molecule has 11 heteroatoms. The van der Waals surface area contributed by atoms with Gasteiger partial charge in [-0.3, -0.25) is 18.9 Å². The number of likely N-dealkylation sites (tertiary alicyclic amines) is 1. The number of carbonyl (C=O) groups is 1. The maximum absolute atomic E-state index is 14.2. The number of hydrogen-bond acceptors (Lipinski definition) is 7. The topological polar surface area (TPSA) is 130 Å². The minimum absolute atomic E-state index is 0.230. The van der Waals surface area contributed by atoms with Crippen LogP contribution in [0.5, 0.6) is 5.75 Å². The zero-order chi connectivity index (χ0) is 25.2. The number of hydrogen-bond donors (Lipinski definition) is 2. The van der Waals surface area contributed by atoms with E-state index in [0.29, 0.717) is 24.0 Å². The van der Waals surface area contributed by atoms with E-state index in [4.69, 9.17) is 4.18 Å². The normalized spacial score (nSPS) is 17.8. The molecule has 0 spiro atoms. The van der Waals surface area contributed by atoms with Crippen LogP contribution in [0.4, 0.5) is 4.39 Å². The molecular weight excluding hydrogens is 477 g/mol. The number of carbonyl (C=O) groups excluding carboxylic acids is 1. The predicted octanol–water partition coefficient (Wildman–Crippen LogP) is 2.40. The number of H-pyrrole nitrogens is 1. The fraction of sp³-hybridized carbons (Fsp3) is 0.292. The van der Waals surface area contributed by atoms with Gasteiger partial charge < -0.3 is 10.0 Å². The molecule has 0 radical (unpaired) electrons. The van der Waals surface area contributed by atoms with E-state index in [-0.39, 0.29) is 6.54 Å². The van der Waals surface area contributed by atoms with Crippen molar-refractivity contribution in [2.45, 2.75) is 30.9 Å². The smallest absolute Gasteiger partial charge is 0.276 e. The molecule has 1 saturated heterocycles. The molecule has 1 amide bonds. The summed E-state index contributed by atoms with van der Waals surface area (Å²) >= 11 is 0. The Hall–Kier alpha value is -3.57. The van der Waals surface area contributed by atoms with Crippen LogP contribution in [0.2, 0.25) is 0 Å². The minimum Gasteiger partial charge on any atom is -0.502 e. The maximum atomic E-state index is 14.2. The van der Waals surface area contributed by atoms with Crippen LogP contribution in [0.15, 0.2) is 65.6 Å². The highest BCUT2D eigenvalue weighted by Gasteiger charge is 2.43. The molecule has 184 valence electrons. The van der Waals surface area contributed by atoms with Gasteiger partial charge in [0.25, 0.3) is 16.0 Å². The molecule has 1 fully saturated rings. The van der Waals surface area contributed by atoms with Crippen LogP contribution in [0.25, 0.3) is 0 Å². The molecule has 1 aliphatic rings. The van der Waals surface area contributed by atoms with Crippen molar-refractivity contribution in [2.75, 3.05) is 12.8 Å². The first-order valence-corrected chi connectivity index (χ1v) is 12.7. The van der Waals surface area contributed by atoms with Crippen molar-refractivity contribution in [3.05, 3.63) is 93.7 Å². The Labute approximate surface area is 201 Å². The van der Waals surface area contributed by atoms with E-state index < -0.39 is 56.8 Å². The molecule has 35 heavy (non-hydrogen) atoms. The Balaban J connectivity index is 1.83. The third-order valence-corrected chi connectivity index (χ3v) is 6.53. The molecule has 0 saturated carbocycles. The summed E-state index contributed by atoms with van der Waals surface area (Å²) in [5, 5.41) is 16.1. The quantitative estimate of drug-likeness (QED) is 0.476. The maximum Gasteiger partial charge on any atom is 0.276 e. The summed E-state index contributed by atoms with van der Waals surface area (Å²) in [6.45, 7) is 0.230. The number of aromatic hydroxyl groups is 1. The highest BCUT2D eigenvalue weighted by molar-refractivity contribution is 7.86. The monoisotopic (exact) mass is 501 g/mol. The average Bonchev–Trinajstić information content (AvgIpc) is 3.30. The molecule has 3 aromatic rings. The van der Waals surface area contributed by atoms with Crippen molar-refractivity contribution in [1.82, 2.24) is 15.1 Å². The van der Waals surface area contributed by atoms with Crippen LogP contribution < -0.4 is 5.43 Å². The second-order valence-corrected chi connectivity index (χ2v) is 9.98. The Morgan fingerprint density at radius 2 is 1.91 bits per heavy atom. The van der Waals surface area contributed by atoms with Crippen molar-refractivity contribution in [3.63, 3.8) is 0 Å². The summed E-state index contributed by atoms with van der Waals surface area (Å²) in [5.41, 5.74) is -0.0799. The Kier molecular flexibility index (Phi) is 6.99. The van der Waals surface area contributed by atoms with Gasteiger partial charge in [-0.15, -0.1) is 0 Å². The fourth-order valence-electron chi connectivity index (χ4n) is 4.55. The molecular formula is C24H24FN3O6S. The summed E-state index contributed by atoms with van der Waals surface area (Å²) in [6.07, 6.45) is 1.55. The number of benzene rings is 2. The zero-order valence-electron chi connectivity index (χ0n) is 18.8. The van der Waals surface area contributed by atoms with Gasteiger partial charge in [-0.25, -0.2) is 4.39 Å². The number of nitrogens with one attached hydrogen (secondary N) is 1. The van der Waals surface area contributed by atoms with Gasteiger partial charge in [0.2, 0.25) is 5.43 Å². The Morgan fingerprint density at radius 3 is 2.60 bits per heavy atom. The minimum atomic E-state index is -4.01. The largest absolute Gasteiger partial charge is 0.502 e. The summed E-state index contributed by atoms with van der Waals surface area (Å²) in [6, 6.07) is 13.9. The highest BCUT2D eigenvalue weighted by atomic mass is 32.2. The summed E-state index contributed by atoms with van der Waals surface area (Å²) in [4.78, 5) is 26.5. The first-order chi connectivity index (χ1) is 16.7. The van der Waals surface area contributed by atoms with Gasteiger partial charge in [0, 0.05) is 12.5 Å². The van der Waals surface area contributed by atoms with Crippen LogP contribution in [0.1, 0.15) is 40.4 Å². The van der Waals surface area contributed by atoms with E-state index >= 15 is 0 Å². The van der Waals surface area contributed by atoms with Crippen molar-refractivity contribution in [3.8, 4) is 5.75 Å². The molecule has 3 atom stereocenters. The number of aromatic amines is 1. The third-order valence-electron chi connectivity index (χ3n) is 5.96. The van der Waals surface area contributed by atoms with E-state index in [1.807, 2.05) is 0 Å². The van der Waals surface area contributed by atoms with Crippen molar-refractivity contribution < 1.29 is 26.9 Å². The van der Waals surface area contributed by atoms with E-state index in [1.165, 1.54) is 23.1 Å². The molecule has 2 N–H and O–H groups in total. The van der Waals surface area contributed by atoms with Gasteiger partial charge in [-0.2, -0.15) is 13.5 Å². The zero-order valence-corrected chi connectivity index (χ0v) is 19.6. The fourth-order valence-corrected chi connectivity index (χ4v) is 5.19. The number of aromatic nitrogens is 2. The predicted molar refractivity (Wildman–Crippen MR) is 125 cm³/mol. The lowest BCUT2D eigenvalue weighted by Crippen LogP contribution is -2.47. The average molecular weight is 502 g/mol. The Morgan fingerprint density at radius 1 is 1.20 bits per heavy atom. The lowest BCUT2D eigenvalue weighted by Gasteiger charge is -2.36. The molecule has 1 aliphatic heterocycles. The van der Waals surface area contributed by atoms with Crippen LogP contribution in [0.3, 0.4) is 0 Å². The number of amides is 1. The van der Waals surface area contributed by atoms with E-state index in [1.54, 1.807) is 36.4 Å². The third kappa shape index (κ3) is 5.41. The van der Waals surface area contributed by atoms with E-state index in [2.05, 4.69) is 10.2 Å². The highest BCUT2D eigenvalue weighted by Crippen LogP contribution is 2.38. The van der Waals surface area contributed by atoms with Crippen molar-refractivity contribution >= 4 is 16.0 Å². The molecule has 1 aromatic heterocycles. The Bertz CT molecular complexity index is 1380. The summed E-state index contributed by atoms with van der Waals surface area (Å²) in [7, 11) is -4.01. The lowest BCUT2D eigenvalue weighted by molar-refractivity contribution is 0.0526. The first kappa shape index (κ1) is 24.6. The molecule has 0 aliphatic carbocycles. The molecule has 0 bridgehead atoms. The number of rotatable bonds is 7. The van der Waals surface area contributed by atoms with Gasteiger partial charge in [-0.1, -0.05) is 42.5 Å². The SMILES string of the molecule is CS(=O)(=O)OC(C(c1ccccc1)c1cccc(F)c1)C1CCCN1C(=O)c1[nH]ncc(=O)c1O. The van der Waals surface area contributed by atoms with Crippen LogP contribution in [0, 0.1) is 5.82 Å². The summed E-state index contributed by atoms with van der Waals surface area (Å²) in [5.74, 6) is -2.75. The molecule has 9 nitrogen and oxygen atoms in total. The van der Waals surface area contributed by atoms with E-state index in [9.17, 15) is 27.5 Å². The van der Waals surface area contributed by atoms with Gasteiger partial charge in [0.1, 0.15) is 11.9 Å².